The summed E-state index contributed by atoms with van der Waals surface area (Å²) in [6.07, 6.45) is 5.76. The molecule has 0 amide bonds. The monoisotopic (exact) mass is 266 g/mol. The lowest BCUT2D eigenvalue weighted by Crippen LogP contribution is -2.40. The van der Waals surface area contributed by atoms with Crippen molar-refractivity contribution in [2.24, 2.45) is 0 Å². The summed E-state index contributed by atoms with van der Waals surface area (Å²) in [4.78, 5) is 2.53. The molecule has 0 unspecified atom stereocenters. The van der Waals surface area contributed by atoms with E-state index in [2.05, 4.69) is 29.2 Å². The van der Waals surface area contributed by atoms with E-state index in [-0.39, 0.29) is 0 Å². The molecule has 1 saturated carbocycles. The topological polar surface area (TPSA) is 30.2 Å². The Kier molecular flexibility index (Phi) is 2.74. The zero-order valence-corrected chi connectivity index (χ0v) is 11.4. The minimum absolute atomic E-state index is 0.674. The zero-order chi connectivity index (χ0) is 13.5. The highest BCUT2D eigenvalue weighted by molar-refractivity contribution is 5.34. The number of hydrogen-bond donors (Lipinski definition) is 0. The van der Waals surface area contributed by atoms with Crippen molar-refractivity contribution in [3.63, 3.8) is 0 Å². The number of pyridine rings is 1. The Morgan fingerprint density at radius 2 is 2.00 bits per heavy atom. The summed E-state index contributed by atoms with van der Waals surface area (Å²) in [5.41, 5.74) is 4.10. The third kappa shape index (κ3) is 1.98. The summed E-state index contributed by atoms with van der Waals surface area (Å²) < 4.78 is 0.894. The Morgan fingerprint density at radius 1 is 1.15 bits per heavy atom. The SMILES string of the molecule is [O-][n+]1cccc(CN2Cc3ccccc3C3CC2C3)c1. The summed E-state index contributed by atoms with van der Waals surface area (Å²) in [6, 6.07) is 13.4. The Balaban J connectivity index is 1.61. The molecule has 3 heteroatoms. The first-order chi connectivity index (χ1) is 9.79. The van der Waals surface area contributed by atoms with Gasteiger partial charge in [-0.2, -0.15) is 4.73 Å². The number of fused-ring (bicyclic) bond motifs is 1. The molecule has 2 aromatic rings. The van der Waals surface area contributed by atoms with E-state index in [9.17, 15) is 5.21 Å². The first-order valence-corrected chi connectivity index (χ1v) is 7.29. The average molecular weight is 266 g/mol. The van der Waals surface area contributed by atoms with Crippen LogP contribution in [0.5, 0.6) is 0 Å². The van der Waals surface area contributed by atoms with Gasteiger partial charge in [0.25, 0.3) is 0 Å². The van der Waals surface area contributed by atoms with Crippen molar-refractivity contribution in [1.82, 2.24) is 4.90 Å². The quantitative estimate of drug-likeness (QED) is 0.618. The molecule has 3 heterocycles. The third-order valence-electron chi connectivity index (χ3n) is 4.72. The van der Waals surface area contributed by atoms with E-state index in [4.69, 9.17) is 0 Å². The van der Waals surface area contributed by atoms with E-state index in [0.717, 1.165) is 29.3 Å². The maximum atomic E-state index is 11.4. The van der Waals surface area contributed by atoms with Gasteiger partial charge in [0, 0.05) is 30.8 Å². The molecular weight excluding hydrogens is 248 g/mol. The Morgan fingerprint density at radius 3 is 2.85 bits per heavy atom. The smallest absolute Gasteiger partial charge is 0.184 e. The maximum absolute atomic E-state index is 11.4. The maximum Gasteiger partial charge on any atom is 0.184 e. The lowest BCUT2D eigenvalue weighted by Gasteiger charge is -2.39. The number of nitrogens with zero attached hydrogens (tertiary/aromatic N) is 2. The van der Waals surface area contributed by atoms with Crippen molar-refractivity contribution in [1.29, 1.82) is 0 Å². The van der Waals surface area contributed by atoms with Crippen molar-refractivity contribution < 1.29 is 4.73 Å². The van der Waals surface area contributed by atoms with E-state index >= 15 is 0 Å². The summed E-state index contributed by atoms with van der Waals surface area (Å²) in [5, 5.41) is 11.4. The van der Waals surface area contributed by atoms with Gasteiger partial charge in [-0.05, 0) is 36.0 Å². The second kappa shape index (κ2) is 4.60. The lowest BCUT2D eigenvalue weighted by atomic mass is 9.76. The highest BCUT2D eigenvalue weighted by Gasteiger charge is 2.38. The number of rotatable bonds is 2. The van der Waals surface area contributed by atoms with E-state index in [1.54, 1.807) is 18.0 Å². The van der Waals surface area contributed by atoms with Crippen molar-refractivity contribution in [2.45, 2.75) is 37.9 Å². The van der Waals surface area contributed by atoms with Gasteiger partial charge in [-0.25, -0.2) is 0 Å². The summed E-state index contributed by atoms with van der Waals surface area (Å²) in [6.45, 7) is 1.87. The molecular formula is C17H18N2O. The van der Waals surface area contributed by atoms with Crippen LogP contribution in [0.25, 0.3) is 0 Å². The number of aromatic nitrogens is 1. The van der Waals surface area contributed by atoms with Crippen molar-refractivity contribution in [3.8, 4) is 0 Å². The van der Waals surface area contributed by atoms with Gasteiger partial charge in [0.2, 0.25) is 0 Å². The summed E-state index contributed by atoms with van der Waals surface area (Å²) in [5.74, 6) is 0.751. The molecule has 1 aromatic heterocycles. The van der Waals surface area contributed by atoms with E-state index < -0.39 is 0 Å². The van der Waals surface area contributed by atoms with Crippen LogP contribution in [-0.2, 0) is 13.1 Å². The van der Waals surface area contributed by atoms with Crippen molar-refractivity contribution in [2.75, 3.05) is 0 Å². The standard InChI is InChI=1S/C17H18N2O/c20-19-7-3-4-13(11-19)10-18-12-14-5-1-2-6-17(14)15-8-16(18)9-15/h1-7,11,15-16H,8-10,12H2. The van der Waals surface area contributed by atoms with Gasteiger partial charge in [-0.15, -0.1) is 0 Å². The lowest BCUT2D eigenvalue weighted by molar-refractivity contribution is -0.605. The van der Waals surface area contributed by atoms with Crippen LogP contribution in [0.4, 0.5) is 0 Å². The van der Waals surface area contributed by atoms with Crippen LogP contribution in [0.15, 0.2) is 48.8 Å². The normalized spacial score (nSPS) is 24.6. The van der Waals surface area contributed by atoms with Gasteiger partial charge in [0.1, 0.15) is 0 Å². The fraction of sp³-hybridized carbons (Fsp3) is 0.353. The van der Waals surface area contributed by atoms with Crippen LogP contribution >= 0.6 is 0 Å². The van der Waals surface area contributed by atoms with Gasteiger partial charge >= 0.3 is 0 Å². The van der Waals surface area contributed by atoms with Crippen LogP contribution in [0.2, 0.25) is 0 Å². The molecule has 102 valence electrons. The minimum atomic E-state index is 0.674. The van der Waals surface area contributed by atoms with Crippen molar-refractivity contribution in [3.05, 3.63) is 70.7 Å². The van der Waals surface area contributed by atoms with Gasteiger partial charge in [0.05, 0.1) is 0 Å². The molecule has 0 saturated heterocycles. The second-order valence-electron chi connectivity index (χ2n) is 6.00. The van der Waals surface area contributed by atoms with Gasteiger partial charge < -0.3 is 5.21 Å². The number of hydrogen-bond acceptors (Lipinski definition) is 2. The first-order valence-electron chi connectivity index (χ1n) is 7.29. The molecule has 0 radical (unpaired) electrons. The highest BCUT2D eigenvalue weighted by atomic mass is 16.5. The predicted molar refractivity (Wildman–Crippen MR) is 76.9 cm³/mol. The second-order valence-corrected chi connectivity index (χ2v) is 6.00. The molecule has 3 nitrogen and oxygen atoms in total. The fourth-order valence-electron chi connectivity index (χ4n) is 3.58. The van der Waals surface area contributed by atoms with Crippen LogP contribution in [0.3, 0.4) is 0 Å². The minimum Gasteiger partial charge on any atom is -0.619 e. The molecule has 2 aliphatic heterocycles. The van der Waals surface area contributed by atoms with Crippen LogP contribution in [0.1, 0.15) is 35.4 Å². The summed E-state index contributed by atoms with van der Waals surface area (Å²) in [7, 11) is 0. The van der Waals surface area contributed by atoms with E-state index in [0.29, 0.717) is 6.04 Å². The Labute approximate surface area is 119 Å². The molecule has 0 N–H and O–H groups in total. The average Bonchev–Trinajstić information content (AvgIpc) is 2.62. The largest absolute Gasteiger partial charge is 0.619 e. The molecule has 1 aliphatic carbocycles. The molecule has 0 atom stereocenters. The van der Waals surface area contributed by atoms with Crippen LogP contribution in [0, 0.1) is 5.21 Å². The molecule has 5 rings (SSSR count). The predicted octanol–water partition coefficient (Wildman–Crippen LogP) is 2.58. The van der Waals surface area contributed by atoms with Crippen LogP contribution in [-0.4, -0.2) is 10.9 Å². The summed E-state index contributed by atoms with van der Waals surface area (Å²) >= 11 is 0. The molecule has 1 aromatic carbocycles. The van der Waals surface area contributed by atoms with Gasteiger partial charge in [-0.3, -0.25) is 4.90 Å². The van der Waals surface area contributed by atoms with Crippen LogP contribution < -0.4 is 4.73 Å². The number of benzene rings is 1. The van der Waals surface area contributed by atoms with E-state index in [1.807, 2.05) is 12.1 Å². The van der Waals surface area contributed by atoms with Crippen molar-refractivity contribution >= 4 is 0 Å². The first kappa shape index (κ1) is 11.9. The molecule has 20 heavy (non-hydrogen) atoms. The molecule has 1 fully saturated rings. The van der Waals surface area contributed by atoms with Gasteiger partial charge in [0.15, 0.2) is 12.4 Å². The van der Waals surface area contributed by atoms with E-state index in [1.165, 1.54) is 18.4 Å². The Bertz CT molecular complexity index is 634. The molecule has 3 aliphatic rings. The fourth-order valence-corrected chi connectivity index (χ4v) is 3.58. The third-order valence-corrected chi connectivity index (χ3v) is 4.72. The zero-order valence-electron chi connectivity index (χ0n) is 11.4. The molecule has 2 bridgehead atoms. The van der Waals surface area contributed by atoms with Gasteiger partial charge in [-0.1, -0.05) is 24.3 Å². The highest BCUT2D eigenvalue weighted by Crippen LogP contribution is 2.45. The Hall–Kier alpha value is -1.87. The molecule has 0 spiro atoms.